The van der Waals surface area contributed by atoms with E-state index in [1.54, 1.807) is 0 Å². The van der Waals surface area contributed by atoms with E-state index in [2.05, 4.69) is 5.32 Å². The van der Waals surface area contributed by atoms with E-state index in [0.29, 0.717) is 26.2 Å². The van der Waals surface area contributed by atoms with Crippen LogP contribution in [0.25, 0.3) is 0 Å². The van der Waals surface area contributed by atoms with E-state index in [1.165, 1.54) is 0 Å². The van der Waals surface area contributed by atoms with Crippen LogP contribution in [0.4, 0.5) is 0 Å². The molecule has 0 heterocycles. The monoisotopic (exact) mass is 266 g/mol. The van der Waals surface area contributed by atoms with Crippen molar-refractivity contribution in [3.05, 3.63) is 0 Å². The van der Waals surface area contributed by atoms with E-state index in [9.17, 15) is 4.79 Å². The topological polar surface area (TPSA) is 64.3 Å². The maximum atomic E-state index is 11.5. The summed E-state index contributed by atoms with van der Waals surface area (Å²) in [6.45, 7) is 7.97. The zero-order valence-electron chi connectivity index (χ0n) is 11.3. The lowest BCUT2D eigenvalue weighted by molar-refractivity contribution is -0.121. The molecule has 0 saturated heterocycles. The Balaban J connectivity index is 0. The summed E-state index contributed by atoms with van der Waals surface area (Å²) in [5.74, 6) is 0.0661. The fourth-order valence-corrected chi connectivity index (χ4v) is 1.34. The average molecular weight is 267 g/mol. The number of hydrogen-bond acceptors (Lipinski definition) is 3. The summed E-state index contributed by atoms with van der Waals surface area (Å²) in [4.78, 5) is 11.5. The molecule has 0 aromatic heterocycles. The lowest BCUT2D eigenvalue weighted by atomic mass is 9.94. The quantitative estimate of drug-likeness (QED) is 0.626. The molecule has 0 bridgehead atoms. The summed E-state index contributed by atoms with van der Waals surface area (Å²) in [6, 6.07) is 0. The number of nitrogens with one attached hydrogen (secondary N) is 1. The molecule has 0 fully saturated rings. The third kappa shape index (κ3) is 9.39. The summed E-state index contributed by atoms with van der Waals surface area (Å²) < 4.78 is 5.17. The standard InChI is InChI=1S/C12H26N2O2.ClH/c1-4-12(13,5-2)10-14-11(15)8-7-9-16-6-3;/h4-10,13H2,1-3H3,(H,14,15);1H. The van der Waals surface area contributed by atoms with Crippen LogP contribution in [0.3, 0.4) is 0 Å². The molecule has 0 rings (SSSR count). The van der Waals surface area contributed by atoms with Gasteiger partial charge in [-0.15, -0.1) is 12.4 Å². The Labute approximate surface area is 111 Å². The largest absolute Gasteiger partial charge is 0.382 e. The van der Waals surface area contributed by atoms with Crippen LogP contribution in [0.15, 0.2) is 0 Å². The molecule has 0 saturated carbocycles. The van der Waals surface area contributed by atoms with E-state index in [-0.39, 0.29) is 23.9 Å². The van der Waals surface area contributed by atoms with Crippen LogP contribution < -0.4 is 11.1 Å². The second-order valence-electron chi connectivity index (χ2n) is 4.15. The highest BCUT2D eigenvalue weighted by atomic mass is 35.5. The van der Waals surface area contributed by atoms with Crippen LogP contribution in [-0.2, 0) is 9.53 Å². The van der Waals surface area contributed by atoms with Gasteiger partial charge in [0.2, 0.25) is 5.91 Å². The summed E-state index contributed by atoms with van der Waals surface area (Å²) >= 11 is 0. The van der Waals surface area contributed by atoms with Gasteiger partial charge in [-0.2, -0.15) is 0 Å². The average Bonchev–Trinajstić information content (AvgIpc) is 2.31. The maximum absolute atomic E-state index is 11.5. The molecule has 0 aromatic carbocycles. The molecule has 4 nitrogen and oxygen atoms in total. The molecule has 3 N–H and O–H groups in total. The molecule has 5 heteroatoms. The molecule has 0 aromatic rings. The van der Waals surface area contributed by atoms with Crippen molar-refractivity contribution >= 4 is 18.3 Å². The normalized spacial score (nSPS) is 10.8. The molecule has 17 heavy (non-hydrogen) atoms. The highest BCUT2D eigenvalue weighted by Crippen LogP contribution is 2.09. The van der Waals surface area contributed by atoms with E-state index < -0.39 is 0 Å². The number of amides is 1. The highest BCUT2D eigenvalue weighted by molar-refractivity contribution is 5.85. The molecular formula is C12H27ClN2O2. The van der Waals surface area contributed by atoms with Gasteiger partial charge in [0.05, 0.1) is 0 Å². The van der Waals surface area contributed by atoms with Crippen LogP contribution in [0.2, 0.25) is 0 Å². The number of rotatable bonds is 9. The minimum Gasteiger partial charge on any atom is -0.382 e. The Bertz CT molecular complexity index is 197. The van der Waals surface area contributed by atoms with Crippen LogP contribution in [0, 0.1) is 0 Å². The number of hydrogen-bond donors (Lipinski definition) is 2. The first kappa shape index (κ1) is 19.0. The second kappa shape index (κ2) is 10.8. The van der Waals surface area contributed by atoms with E-state index >= 15 is 0 Å². The summed E-state index contributed by atoms with van der Waals surface area (Å²) in [5.41, 5.74) is 5.83. The van der Waals surface area contributed by atoms with Gasteiger partial charge >= 0.3 is 0 Å². The van der Waals surface area contributed by atoms with Gasteiger partial charge in [0.15, 0.2) is 0 Å². The first-order valence-electron chi connectivity index (χ1n) is 6.21. The SMILES string of the molecule is CCOCCCC(=O)NCC(N)(CC)CC.Cl. The molecule has 104 valence electrons. The summed E-state index contributed by atoms with van der Waals surface area (Å²) in [6.07, 6.45) is 3.05. The van der Waals surface area contributed by atoms with E-state index in [1.807, 2.05) is 20.8 Å². The van der Waals surface area contributed by atoms with Gasteiger partial charge in [-0.3, -0.25) is 4.79 Å². The van der Waals surface area contributed by atoms with Gasteiger partial charge in [0, 0.05) is 31.7 Å². The maximum Gasteiger partial charge on any atom is 0.220 e. The molecule has 0 radical (unpaired) electrons. The third-order valence-corrected chi connectivity index (χ3v) is 2.94. The van der Waals surface area contributed by atoms with Gasteiger partial charge in [-0.05, 0) is 26.2 Å². The van der Waals surface area contributed by atoms with Crippen LogP contribution in [0.1, 0.15) is 46.5 Å². The number of halogens is 1. The molecular weight excluding hydrogens is 240 g/mol. The predicted octanol–water partition coefficient (Wildman–Crippen LogP) is 1.86. The van der Waals surface area contributed by atoms with Crippen molar-refractivity contribution in [3.63, 3.8) is 0 Å². The van der Waals surface area contributed by atoms with Gasteiger partial charge in [0.1, 0.15) is 0 Å². The Hall–Kier alpha value is -0.320. The smallest absolute Gasteiger partial charge is 0.220 e. The summed E-state index contributed by atoms with van der Waals surface area (Å²) in [7, 11) is 0. The lowest BCUT2D eigenvalue weighted by Crippen LogP contribution is -2.49. The van der Waals surface area contributed by atoms with Crippen LogP contribution >= 0.6 is 12.4 Å². The second-order valence-corrected chi connectivity index (χ2v) is 4.15. The van der Waals surface area contributed by atoms with Crippen molar-refractivity contribution in [2.45, 2.75) is 52.0 Å². The van der Waals surface area contributed by atoms with Gasteiger partial charge < -0.3 is 15.8 Å². The van der Waals surface area contributed by atoms with Crippen molar-refractivity contribution < 1.29 is 9.53 Å². The van der Waals surface area contributed by atoms with Crippen LogP contribution in [0.5, 0.6) is 0 Å². The van der Waals surface area contributed by atoms with E-state index in [0.717, 1.165) is 19.3 Å². The molecule has 0 aliphatic carbocycles. The zero-order chi connectivity index (χ0) is 12.4. The van der Waals surface area contributed by atoms with E-state index in [4.69, 9.17) is 10.5 Å². The fraction of sp³-hybridized carbons (Fsp3) is 0.917. The predicted molar refractivity (Wildman–Crippen MR) is 73.5 cm³/mol. The Morgan fingerprint density at radius 2 is 1.88 bits per heavy atom. The highest BCUT2D eigenvalue weighted by Gasteiger charge is 2.20. The Kier molecular flexibility index (Phi) is 12.1. The first-order valence-corrected chi connectivity index (χ1v) is 6.21. The van der Waals surface area contributed by atoms with Crippen molar-refractivity contribution in [3.8, 4) is 0 Å². The number of nitrogens with two attached hydrogens (primary N) is 1. The Morgan fingerprint density at radius 1 is 1.29 bits per heavy atom. The Morgan fingerprint density at radius 3 is 2.35 bits per heavy atom. The third-order valence-electron chi connectivity index (χ3n) is 2.94. The molecule has 0 unspecified atom stereocenters. The van der Waals surface area contributed by atoms with Crippen molar-refractivity contribution in [1.82, 2.24) is 5.32 Å². The number of carbonyl (C=O) groups excluding carboxylic acids is 1. The molecule has 0 aliphatic heterocycles. The molecule has 1 amide bonds. The van der Waals surface area contributed by atoms with Crippen molar-refractivity contribution in [2.24, 2.45) is 5.73 Å². The van der Waals surface area contributed by atoms with Gasteiger partial charge in [-0.25, -0.2) is 0 Å². The molecule has 0 atom stereocenters. The summed E-state index contributed by atoms with van der Waals surface area (Å²) in [5, 5.41) is 2.88. The van der Waals surface area contributed by atoms with Crippen LogP contribution in [-0.4, -0.2) is 31.2 Å². The number of ether oxygens (including phenoxy) is 1. The van der Waals surface area contributed by atoms with Gasteiger partial charge in [0.25, 0.3) is 0 Å². The first-order chi connectivity index (χ1) is 7.58. The zero-order valence-corrected chi connectivity index (χ0v) is 12.1. The minimum atomic E-state index is -0.254. The molecule has 0 spiro atoms. The van der Waals surface area contributed by atoms with Crippen molar-refractivity contribution in [1.29, 1.82) is 0 Å². The number of carbonyl (C=O) groups is 1. The molecule has 0 aliphatic rings. The lowest BCUT2D eigenvalue weighted by Gasteiger charge is -2.26. The van der Waals surface area contributed by atoms with Crippen molar-refractivity contribution in [2.75, 3.05) is 19.8 Å². The fourth-order valence-electron chi connectivity index (χ4n) is 1.34. The minimum absolute atomic E-state index is 0. The van der Waals surface area contributed by atoms with Gasteiger partial charge in [-0.1, -0.05) is 13.8 Å².